The van der Waals surface area contributed by atoms with E-state index in [-0.39, 0.29) is 0 Å². The molecule has 0 aliphatic carbocycles. The Balaban J connectivity index is 2.03. The molecule has 0 fully saturated rings. The number of nitrogens with zero attached hydrogens (tertiary/aromatic N) is 3. The normalized spacial score (nSPS) is 10.5. The molecule has 3 aromatic rings. The number of imidazole rings is 1. The molecule has 0 amide bonds. The molecule has 21 heavy (non-hydrogen) atoms. The lowest BCUT2D eigenvalue weighted by atomic mass is 10.1. The van der Waals surface area contributed by atoms with Gasteiger partial charge in [0.05, 0.1) is 23.7 Å². The number of ether oxygens (including phenoxy) is 1. The molecule has 0 aliphatic heterocycles. The van der Waals surface area contributed by atoms with E-state index in [1.165, 1.54) is 0 Å². The summed E-state index contributed by atoms with van der Waals surface area (Å²) in [5.41, 5.74) is 3.70. The number of methoxy groups -OCH3 is 1. The zero-order chi connectivity index (χ0) is 14.8. The summed E-state index contributed by atoms with van der Waals surface area (Å²) in [6, 6.07) is 15.9. The highest BCUT2D eigenvalue weighted by atomic mass is 16.5. The van der Waals surface area contributed by atoms with Crippen molar-refractivity contribution in [1.82, 2.24) is 9.55 Å². The Morgan fingerprint density at radius 2 is 2.05 bits per heavy atom. The van der Waals surface area contributed by atoms with E-state index in [0.29, 0.717) is 17.9 Å². The van der Waals surface area contributed by atoms with Crippen LogP contribution in [0.4, 0.5) is 0 Å². The van der Waals surface area contributed by atoms with Crippen LogP contribution in [0.1, 0.15) is 17.0 Å². The van der Waals surface area contributed by atoms with Gasteiger partial charge >= 0.3 is 0 Å². The van der Waals surface area contributed by atoms with Gasteiger partial charge in [-0.25, -0.2) is 4.98 Å². The number of hydrogen-bond acceptors (Lipinski definition) is 3. The predicted molar refractivity (Wildman–Crippen MR) is 81.3 cm³/mol. The van der Waals surface area contributed by atoms with E-state index < -0.39 is 0 Å². The van der Waals surface area contributed by atoms with Crippen LogP contribution in [0.15, 0.2) is 42.5 Å². The molecule has 0 saturated heterocycles. The Hall–Kier alpha value is -2.80. The highest BCUT2D eigenvalue weighted by Crippen LogP contribution is 2.22. The van der Waals surface area contributed by atoms with E-state index in [1.54, 1.807) is 7.11 Å². The van der Waals surface area contributed by atoms with E-state index in [2.05, 4.69) is 21.7 Å². The van der Waals surface area contributed by atoms with Crippen molar-refractivity contribution in [2.45, 2.75) is 13.5 Å². The Morgan fingerprint density at radius 1 is 1.24 bits per heavy atom. The van der Waals surface area contributed by atoms with E-state index in [4.69, 9.17) is 4.74 Å². The van der Waals surface area contributed by atoms with Crippen LogP contribution in [0.25, 0.3) is 11.0 Å². The molecule has 4 heteroatoms. The summed E-state index contributed by atoms with van der Waals surface area (Å²) in [5, 5.41) is 9.18. The Labute approximate surface area is 123 Å². The third-order valence-electron chi connectivity index (χ3n) is 3.57. The minimum absolute atomic E-state index is 0.553. The zero-order valence-electron chi connectivity index (χ0n) is 12.0. The van der Waals surface area contributed by atoms with Gasteiger partial charge in [0.15, 0.2) is 0 Å². The van der Waals surface area contributed by atoms with E-state index in [1.807, 2.05) is 43.3 Å². The first kappa shape index (κ1) is 13.2. The van der Waals surface area contributed by atoms with Crippen LogP contribution in [-0.4, -0.2) is 16.7 Å². The molecule has 0 unspecified atom stereocenters. The van der Waals surface area contributed by atoms with Gasteiger partial charge in [-0.3, -0.25) is 0 Å². The number of aromatic nitrogens is 2. The second-order valence-corrected chi connectivity index (χ2v) is 4.88. The third-order valence-corrected chi connectivity index (χ3v) is 3.57. The molecule has 104 valence electrons. The van der Waals surface area contributed by atoms with Gasteiger partial charge in [-0.15, -0.1) is 0 Å². The van der Waals surface area contributed by atoms with E-state index >= 15 is 0 Å². The van der Waals surface area contributed by atoms with E-state index in [9.17, 15) is 5.26 Å². The van der Waals surface area contributed by atoms with Crippen molar-refractivity contribution in [2.24, 2.45) is 0 Å². The fourth-order valence-electron chi connectivity index (χ4n) is 2.52. The molecular formula is C17H15N3O. The van der Waals surface area contributed by atoms with Gasteiger partial charge in [0, 0.05) is 6.54 Å². The lowest BCUT2D eigenvalue weighted by molar-refractivity contribution is 0.413. The minimum Gasteiger partial charge on any atom is -0.495 e. The van der Waals surface area contributed by atoms with Gasteiger partial charge in [0.2, 0.25) is 0 Å². The van der Waals surface area contributed by atoms with Crippen LogP contribution in [0, 0.1) is 18.3 Å². The zero-order valence-corrected chi connectivity index (χ0v) is 12.0. The number of para-hydroxylation sites is 2. The minimum atomic E-state index is 0.553. The Morgan fingerprint density at radius 3 is 2.81 bits per heavy atom. The number of benzene rings is 2. The standard InChI is InChI=1S/C17H15N3O/c1-12-19-15-5-3-4-6-16(15)20(12)11-13-7-8-17(21-2)14(9-13)10-18/h3-9H,11H2,1-2H3. The average molecular weight is 277 g/mol. The molecule has 0 N–H and O–H groups in total. The highest BCUT2D eigenvalue weighted by molar-refractivity contribution is 5.76. The third kappa shape index (κ3) is 2.34. The molecular weight excluding hydrogens is 262 g/mol. The largest absolute Gasteiger partial charge is 0.495 e. The van der Waals surface area contributed by atoms with Gasteiger partial charge in [-0.2, -0.15) is 5.26 Å². The number of rotatable bonds is 3. The molecule has 0 spiro atoms. The predicted octanol–water partition coefficient (Wildman–Crippen LogP) is 3.27. The van der Waals surface area contributed by atoms with Crippen LogP contribution >= 0.6 is 0 Å². The van der Waals surface area contributed by atoms with Gasteiger partial charge in [-0.1, -0.05) is 18.2 Å². The maximum atomic E-state index is 9.18. The maximum Gasteiger partial charge on any atom is 0.136 e. The molecule has 0 bridgehead atoms. The van der Waals surface area contributed by atoms with Crippen molar-refractivity contribution in [2.75, 3.05) is 7.11 Å². The summed E-state index contributed by atoms with van der Waals surface area (Å²) in [5.74, 6) is 1.57. The van der Waals surface area contributed by atoms with Gasteiger partial charge in [0.1, 0.15) is 17.6 Å². The summed E-state index contributed by atoms with van der Waals surface area (Å²) in [4.78, 5) is 4.56. The molecule has 0 atom stereocenters. The number of hydrogen-bond donors (Lipinski definition) is 0. The lowest BCUT2D eigenvalue weighted by Crippen LogP contribution is -2.02. The quantitative estimate of drug-likeness (QED) is 0.738. The molecule has 0 radical (unpaired) electrons. The van der Waals surface area contributed by atoms with Gasteiger partial charge in [0.25, 0.3) is 0 Å². The highest BCUT2D eigenvalue weighted by Gasteiger charge is 2.09. The molecule has 1 heterocycles. The Kier molecular flexibility index (Phi) is 3.33. The van der Waals surface area contributed by atoms with Gasteiger partial charge in [-0.05, 0) is 36.8 Å². The second kappa shape index (κ2) is 5.29. The van der Waals surface area contributed by atoms with Crippen LogP contribution in [0.2, 0.25) is 0 Å². The second-order valence-electron chi connectivity index (χ2n) is 4.88. The first-order chi connectivity index (χ1) is 10.2. The SMILES string of the molecule is COc1ccc(Cn2c(C)nc3ccccc32)cc1C#N. The molecule has 2 aromatic carbocycles. The summed E-state index contributed by atoms with van der Waals surface area (Å²) < 4.78 is 7.33. The van der Waals surface area contributed by atoms with Crippen molar-refractivity contribution >= 4 is 11.0 Å². The smallest absolute Gasteiger partial charge is 0.136 e. The number of aryl methyl sites for hydroxylation is 1. The topological polar surface area (TPSA) is 50.8 Å². The molecule has 3 rings (SSSR count). The fourth-order valence-corrected chi connectivity index (χ4v) is 2.52. The lowest BCUT2D eigenvalue weighted by Gasteiger charge is -2.09. The molecule has 0 aliphatic rings. The maximum absolute atomic E-state index is 9.18. The Bertz CT molecular complexity index is 843. The summed E-state index contributed by atoms with van der Waals surface area (Å²) >= 11 is 0. The summed E-state index contributed by atoms with van der Waals surface area (Å²) in [6.45, 7) is 2.68. The fraction of sp³-hybridized carbons (Fsp3) is 0.176. The van der Waals surface area contributed by atoms with Gasteiger partial charge < -0.3 is 9.30 Å². The first-order valence-corrected chi connectivity index (χ1v) is 6.72. The van der Waals surface area contributed by atoms with Crippen LogP contribution in [0.3, 0.4) is 0 Å². The summed E-state index contributed by atoms with van der Waals surface area (Å²) in [6.07, 6.45) is 0. The van der Waals surface area contributed by atoms with Crippen LogP contribution in [0.5, 0.6) is 5.75 Å². The monoisotopic (exact) mass is 277 g/mol. The number of fused-ring (bicyclic) bond motifs is 1. The van der Waals surface area contributed by atoms with Crippen molar-refractivity contribution in [1.29, 1.82) is 5.26 Å². The molecule has 0 saturated carbocycles. The molecule has 4 nitrogen and oxygen atoms in total. The molecule has 1 aromatic heterocycles. The number of nitriles is 1. The van der Waals surface area contributed by atoms with Crippen molar-refractivity contribution < 1.29 is 4.74 Å². The summed E-state index contributed by atoms with van der Waals surface area (Å²) in [7, 11) is 1.57. The first-order valence-electron chi connectivity index (χ1n) is 6.72. The van der Waals surface area contributed by atoms with Crippen molar-refractivity contribution in [3.63, 3.8) is 0 Å². The van der Waals surface area contributed by atoms with Crippen LogP contribution in [-0.2, 0) is 6.54 Å². The average Bonchev–Trinajstić information content (AvgIpc) is 2.83. The van der Waals surface area contributed by atoms with E-state index in [0.717, 1.165) is 22.4 Å². The van der Waals surface area contributed by atoms with Crippen LogP contribution < -0.4 is 4.74 Å². The van der Waals surface area contributed by atoms with Crippen molar-refractivity contribution in [3.8, 4) is 11.8 Å². The van der Waals surface area contributed by atoms with Crippen molar-refractivity contribution in [3.05, 3.63) is 59.4 Å².